The van der Waals surface area contributed by atoms with E-state index in [0.717, 1.165) is 16.0 Å². The molecule has 2 fully saturated rings. The highest BCUT2D eigenvalue weighted by Gasteiger charge is 2.64. The summed E-state index contributed by atoms with van der Waals surface area (Å²) in [6.07, 6.45) is 3.69. The highest BCUT2D eigenvalue weighted by Crippen LogP contribution is 2.53. The summed E-state index contributed by atoms with van der Waals surface area (Å²) in [5.41, 5.74) is 2.17. The number of nitro groups is 1. The smallest absolute Gasteiger partial charge is 0.271 e. The molecule has 0 bridgehead atoms. The summed E-state index contributed by atoms with van der Waals surface area (Å²) in [6, 6.07) is 20.4. The molecule has 0 radical (unpaired) electrons. The normalized spacial score (nSPS) is 24.2. The molecule has 3 heterocycles. The number of nitrogens with zero attached hydrogens (tertiary/aromatic N) is 3. The van der Waals surface area contributed by atoms with Gasteiger partial charge in [0, 0.05) is 23.9 Å². The van der Waals surface area contributed by atoms with Crippen molar-refractivity contribution in [3.8, 4) is 0 Å². The van der Waals surface area contributed by atoms with Gasteiger partial charge in [0.15, 0.2) is 5.78 Å². The van der Waals surface area contributed by atoms with Crippen molar-refractivity contribution in [3.63, 3.8) is 0 Å². The lowest BCUT2D eigenvalue weighted by Crippen LogP contribution is -2.44. The molecule has 0 N–H and O–H groups in total. The van der Waals surface area contributed by atoms with Crippen LogP contribution in [0.25, 0.3) is 6.08 Å². The molecule has 0 saturated carbocycles. The monoisotopic (exact) mass is 465 g/mol. The Kier molecular flexibility index (Phi) is 4.63. The van der Waals surface area contributed by atoms with Crippen LogP contribution in [0.1, 0.15) is 27.5 Å². The van der Waals surface area contributed by atoms with E-state index in [-0.39, 0.29) is 17.2 Å². The summed E-state index contributed by atoms with van der Waals surface area (Å²) in [4.78, 5) is 55.0. The summed E-state index contributed by atoms with van der Waals surface area (Å²) in [5.74, 6) is -2.94. The molecule has 8 heteroatoms. The lowest BCUT2D eigenvalue weighted by molar-refractivity contribution is -0.384. The van der Waals surface area contributed by atoms with Gasteiger partial charge in [0.05, 0.1) is 28.5 Å². The Morgan fingerprint density at radius 1 is 0.857 bits per heavy atom. The number of non-ortho nitro benzene ring substituents is 1. The van der Waals surface area contributed by atoms with Crippen LogP contribution in [0.5, 0.6) is 0 Å². The van der Waals surface area contributed by atoms with E-state index in [0.29, 0.717) is 5.56 Å². The van der Waals surface area contributed by atoms with Crippen molar-refractivity contribution in [1.29, 1.82) is 0 Å². The molecule has 3 aliphatic heterocycles. The number of carbonyl (C=O) groups excluding carboxylic acids is 3. The molecule has 2 amide bonds. The maximum absolute atomic E-state index is 13.8. The standard InChI is InChI=1S/C27H19N3O5/c31-25(17-8-2-1-3-9-17)24-22-21(23-20-12-5-4-7-16(20)13-14-28(23)24)26(32)29(27(22)33)18-10-6-11-19(15-18)30(34)35/h1-15,21-24H/t21-,22+,23-,24-/m0/s1. The topological polar surface area (TPSA) is 101 Å². The van der Waals surface area contributed by atoms with E-state index >= 15 is 0 Å². The predicted octanol–water partition coefficient (Wildman–Crippen LogP) is 3.99. The van der Waals surface area contributed by atoms with Crippen LogP contribution in [0.2, 0.25) is 0 Å². The van der Waals surface area contributed by atoms with E-state index in [4.69, 9.17) is 0 Å². The third-order valence-corrected chi connectivity index (χ3v) is 7.09. The fraction of sp³-hybridized carbons (Fsp3) is 0.148. The van der Waals surface area contributed by atoms with Crippen LogP contribution in [-0.4, -0.2) is 33.5 Å². The lowest BCUT2D eigenvalue weighted by atomic mass is 9.83. The molecule has 35 heavy (non-hydrogen) atoms. The molecule has 3 aromatic rings. The van der Waals surface area contributed by atoms with Crippen LogP contribution >= 0.6 is 0 Å². The number of imide groups is 1. The number of hydrogen-bond acceptors (Lipinski definition) is 6. The van der Waals surface area contributed by atoms with E-state index in [2.05, 4.69) is 0 Å². The largest absolute Gasteiger partial charge is 0.358 e. The second-order valence-corrected chi connectivity index (χ2v) is 8.85. The number of fused-ring (bicyclic) bond motifs is 5. The Bertz CT molecular complexity index is 1430. The first kappa shape index (κ1) is 21.0. The first-order chi connectivity index (χ1) is 17.0. The second kappa shape index (κ2) is 7.73. The van der Waals surface area contributed by atoms with Crippen molar-refractivity contribution in [2.45, 2.75) is 12.1 Å². The average Bonchev–Trinajstić information content (AvgIpc) is 3.36. The summed E-state index contributed by atoms with van der Waals surface area (Å²) in [5, 5.41) is 11.3. The van der Waals surface area contributed by atoms with E-state index in [1.807, 2.05) is 41.3 Å². The number of nitro benzene ring substituents is 1. The SMILES string of the molecule is O=C(c1ccccc1)[C@@H]1[C@@H]2C(=O)N(c3cccc([N+](=O)[O-])c3)C(=O)[C@@H]2[C@@H]2c3ccccc3C=CN12. The fourth-order valence-corrected chi connectivity index (χ4v) is 5.63. The Morgan fingerprint density at radius 3 is 2.34 bits per heavy atom. The molecule has 8 nitrogen and oxygen atoms in total. The van der Waals surface area contributed by atoms with Crippen LogP contribution in [0.4, 0.5) is 11.4 Å². The van der Waals surface area contributed by atoms with E-state index in [1.165, 1.54) is 24.3 Å². The molecule has 3 aromatic carbocycles. The minimum Gasteiger partial charge on any atom is -0.358 e. The Balaban J connectivity index is 1.50. The zero-order valence-corrected chi connectivity index (χ0v) is 18.4. The van der Waals surface area contributed by atoms with Gasteiger partial charge in [-0.25, -0.2) is 4.90 Å². The van der Waals surface area contributed by atoms with Crippen LogP contribution in [-0.2, 0) is 9.59 Å². The van der Waals surface area contributed by atoms with E-state index in [1.54, 1.807) is 30.5 Å². The molecule has 4 atom stereocenters. The molecule has 2 saturated heterocycles. The predicted molar refractivity (Wildman–Crippen MR) is 127 cm³/mol. The lowest BCUT2D eigenvalue weighted by Gasteiger charge is -2.35. The minimum atomic E-state index is -0.921. The number of carbonyl (C=O) groups is 3. The minimum absolute atomic E-state index is 0.140. The number of ketones is 1. The summed E-state index contributed by atoms with van der Waals surface area (Å²) >= 11 is 0. The third-order valence-electron chi connectivity index (χ3n) is 7.09. The summed E-state index contributed by atoms with van der Waals surface area (Å²) in [6.45, 7) is 0. The third kappa shape index (κ3) is 3.03. The van der Waals surface area contributed by atoms with Gasteiger partial charge < -0.3 is 4.90 Å². The molecule has 3 aliphatic rings. The zero-order valence-electron chi connectivity index (χ0n) is 18.4. The Morgan fingerprint density at radius 2 is 1.57 bits per heavy atom. The maximum atomic E-state index is 13.8. The van der Waals surface area contributed by atoms with Crippen LogP contribution in [0, 0.1) is 22.0 Å². The zero-order chi connectivity index (χ0) is 24.3. The van der Waals surface area contributed by atoms with Gasteiger partial charge in [0.1, 0.15) is 6.04 Å². The Labute approximate surface area is 200 Å². The van der Waals surface area contributed by atoms with Gasteiger partial charge in [0.2, 0.25) is 11.8 Å². The number of benzene rings is 3. The van der Waals surface area contributed by atoms with Gasteiger partial charge in [-0.2, -0.15) is 0 Å². The molecule has 0 spiro atoms. The van der Waals surface area contributed by atoms with Crippen LogP contribution in [0.3, 0.4) is 0 Å². The van der Waals surface area contributed by atoms with Gasteiger partial charge in [0.25, 0.3) is 5.69 Å². The first-order valence-corrected chi connectivity index (χ1v) is 11.2. The van der Waals surface area contributed by atoms with Crippen molar-refractivity contribution < 1.29 is 19.3 Å². The van der Waals surface area contributed by atoms with Gasteiger partial charge >= 0.3 is 0 Å². The van der Waals surface area contributed by atoms with Crippen LogP contribution < -0.4 is 4.90 Å². The molecule has 172 valence electrons. The molecule has 0 unspecified atom stereocenters. The first-order valence-electron chi connectivity index (χ1n) is 11.2. The molecule has 0 aromatic heterocycles. The quantitative estimate of drug-likeness (QED) is 0.250. The second-order valence-electron chi connectivity index (χ2n) is 8.85. The van der Waals surface area contributed by atoms with Gasteiger partial charge in [-0.1, -0.05) is 60.7 Å². The number of Topliss-reactive ketones (excluding diaryl/α,β-unsaturated/α-hetero) is 1. The van der Waals surface area contributed by atoms with Gasteiger partial charge in [-0.3, -0.25) is 24.5 Å². The van der Waals surface area contributed by atoms with Crippen molar-refractivity contribution in [1.82, 2.24) is 4.90 Å². The fourth-order valence-electron chi connectivity index (χ4n) is 5.63. The number of rotatable bonds is 4. The molecular formula is C27H19N3O5. The molecular weight excluding hydrogens is 446 g/mol. The van der Waals surface area contributed by atoms with E-state index < -0.39 is 40.7 Å². The number of anilines is 1. The Hall–Kier alpha value is -4.59. The van der Waals surface area contributed by atoms with Crippen molar-refractivity contribution in [2.24, 2.45) is 11.8 Å². The van der Waals surface area contributed by atoms with Crippen molar-refractivity contribution in [2.75, 3.05) is 4.90 Å². The van der Waals surface area contributed by atoms with E-state index in [9.17, 15) is 24.5 Å². The number of hydrogen-bond donors (Lipinski definition) is 0. The molecule has 6 rings (SSSR count). The highest BCUT2D eigenvalue weighted by molar-refractivity contribution is 6.24. The average molecular weight is 465 g/mol. The number of amides is 2. The maximum Gasteiger partial charge on any atom is 0.271 e. The highest BCUT2D eigenvalue weighted by atomic mass is 16.6. The van der Waals surface area contributed by atoms with Gasteiger partial charge in [-0.15, -0.1) is 0 Å². The molecule has 0 aliphatic carbocycles. The summed E-state index contributed by atoms with van der Waals surface area (Å²) < 4.78 is 0. The van der Waals surface area contributed by atoms with Gasteiger partial charge in [-0.05, 0) is 23.3 Å². The van der Waals surface area contributed by atoms with Crippen molar-refractivity contribution >= 4 is 35.0 Å². The summed E-state index contributed by atoms with van der Waals surface area (Å²) in [7, 11) is 0. The van der Waals surface area contributed by atoms with Crippen LogP contribution in [0.15, 0.2) is 85.1 Å². The van der Waals surface area contributed by atoms with Crippen molar-refractivity contribution in [3.05, 3.63) is 112 Å².